The van der Waals surface area contributed by atoms with Crippen molar-refractivity contribution in [2.75, 3.05) is 13.1 Å². The number of aromatic nitrogens is 2. The second kappa shape index (κ2) is 8.75. The summed E-state index contributed by atoms with van der Waals surface area (Å²) in [7, 11) is 0. The minimum absolute atomic E-state index is 0.156. The van der Waals surface area contributed by atoms with E-state index < -0.39 is 0 Å². The molecule has 5 nitrogen and oxygen atoms in total. The van der Waals surface area contributed by atoms with Crippen molar-refractivity contribution in [3.8, 4) is 5.75 Å². The third-order valence-electron chi connectivity index (χ3n) is 6.42. The first kappa shape index (κ1) is 20.7. The molecular weight excluding hydrogens is 422 g/mol. The topological polar surface area (TPSA) is 55.3 Å². The van der Waals surface area contributed by atoms with Crippen molar-refractivity contribution in [1.82, 2.24) is 14.9 Å². The molecular formula is C26H24ClN3O2. The standard InChI is InChI=1S/C26H24ClN3O2/c1-17-14-22-20(15-23(17)27)7-6-19-4-2-11-29-25(19)24(22)18-8-12-30(13-9-18)26(31)32-21-5-3-10-28-16-21/h2-7,10-11,14-16,18,24H,8-9,12-13H2,1H3. The van der Waals surface area contributed by atoms with Crippen LogP contribution in [-0.2, 0) is 0 Å². The van der Waals surface area contributed by atoms with E-state index in [9.17, 15) is 4.79 Å². The molecule has 0 saturated carbocycles. The lowest BCUT2D eigenvalue weighted by atomic mass is 9.76. The zero-order valence-corrected chi connectivity index (χ0v) is 18.6. The van der Waals surface area contributed by atoms with Crippen LogP contribution in [0, 0.1) is 12.8 Å². The Morgan fingerprint density at radius 1 is 1.09 bits per heavy atom. The normalized spacial score (nSPS) is 17.9. The SMILES string of the molecule is Cc1cc2c(cc1Cl)C=Cc1cccnc1C2C1CCN(C(=O)Oc2cccnc2)CC1. The number of amides is 1. The highest BCUT2D eigenvalue weighted by molar-refractivity contribution is 6.31. The van der Waals surface area contributed by atoms with E-state index in [0.29, 0.717) is 24.8 Å². The van der Waals surface area contributed by atoms with Crippen molar-refractivity contribution < 1.29 is 9.53 Å². The zero-order valence-electron chi connectivity index (χ0n) is 17.9. The highest BCUT2D eigenvalue weighted by Crippen LogP contribution is 2.43. The van der Waals surface area contributed by atoms with Gasteiger partial charge in [0, 0.05) is 36.4 Å². The third kappa shape index (κ3) is 4.00. The molecule has 1 aliphatic heterocycles. The van der Waals surface area contributed by atoms with Crippen LogP contribution in [0.1, 0.15) is 46.7 Å². The maximum Gasteiger partial charge on any atom is 0.415 e. The monoisotopic (exact) mass is 445 g/mol. The highest BCUT2D eigenvalue weighted by Gasteiger charge is 2.34. The van der Waals surface area contributed by atoms with E-state index >= 15 is 0 Å². The zero-order chi connectivity index (χ0) is 22.1. The lowest BCUT2D eigenvalue weighted by Crippen LogP contribution is -2.41. The van der Waals surface area contributed by atoms with Gasteiger partial charge >= 0.3 is 6.09 Å². The van der Waals surface area contributed by atoms with Gasteiger partial charge in [0.15, 0.2) is 5.75 Å². The molecule has 1 fully saturated rings. The average molecular weight is 446 g/mol. The predicted molar refractivity (Wildman–Crippen MR) is 126 cm³/mol. The number of hydrogen-bond acceptors (Lipinski definition) is 4. The number of piperidine rings is 1. The molecule has 1 aromatic carbocycles. The quantitative estimate of drug-likeness (QED) is 0.488. The molecule has 32 heavy (non-hydrogen) atoms. The molecule has 6 heteroatoms. The second-order valence-electron chi connectivity index (χ2n) is 8.40. The summed E-state index contributed by atoms with van der Waals surface area (Å²) in [4.78, 5) is 23.2. The molecule has 1 amide bonds. The minimum atomic E-state index is -0.319. The fraction of sp³-hybridized carbons (Fsp3) is 0.269. The Hall–Kier alpha value is -3.18. The lowest BCUT2D eigenvalue weighted by molar-refractivity contribution is 0.128. The number of halogens is 1. The number of benzene rings is 1. The Labute approximate surface area is 192 Å². The molecule has 3 aromatic rings. The first-order valence-corrected chi connectivity index (χ1v) is 11.3. The van der Waals surface area contributed by atoms with Crippen molar-refractivity contribution in [3.63, 3.8) is 0 Å². The molecule has 1 saturated heterocycles. The van der Waals surface area contributed by atoms with Crippen LogP contribution >= 0.6 is 11.6 Å². The van der Waals surface area contributed by atoms with E-state index in [1.807, 2.05) is 19.2 Å². The maximum atomic E-state index is 12.6. The Morgan fingerprint density at radius 3 is 2.66 bits per heavy atom. The van der Waals surface area contributed by atoms with Crippen LogP contribution in [0.2, 0.25) is 5.02 Å². The molecule has 2 aliphatic rings. The Balaban J connectivity index is 1.40. The molecule has 2 aromatic heterocycles. The third-order valence-corrected chi connectivity index (χ3v) is 6.82. The number of nitrogens with zero attached hydrogens (tertiary/aromatic N) is 3. The van der Waals surface area contributed by atoms with Crippen LogP contribution < -0.4 is 4.74 Å². The second-order valence-corrected chi connectivity index (χ2v) is 8.81. The molecule has 1 unspecified atom stereocenters. The van der Waals surface area contributed by atoms with Crippen LogP contribution in [0.25, 0.3) is 12.2 Å². The van der Waals surface area contributed by atoms with E-state index in [1.54, 1.807) is 29.4 Å². The van der Waals surface area contributed by atoms with Crippen LogP contribution in [0.15, 0.2) is 55.0 Å². The van der Waals surface area contributed by atoms with E-state index in [0.717, 1.165) is 40.2 Å². The molecule has 0 bridgehead atoms. The molecule has 5 rings (SSSR count). The van der Waals surface area contributed by atoms with Crippen LogP contribution in [0.4, 0.5) is 4.79 Å². The number of aryl methyl sites for hydroxylation is 1. The molecule has 3 heterocycles. The number of ether oxygens (including phenoxy) is 1. The number of carbonyl (C=O) groups is 1. The van der Waals surface area contributed by atoms with E-state index in [-0.39, 0.29) is 12.0 Å². The molecule has 162 valence electrons. The van der Waals surface area contributed by atoms with Gasteiger partial charge in [-0.05, 0) is 72.2 Å². The van der Waals surface area contributed by atoms with Crippen LogP contribution in [0.5, 0.6) is 5.75 Å². The van der Waals surface area contributed by atoms with Crippen LogP contribution in [-0.4, -0.2) is 34.1 Å². The number of rotatable bonds is 2. The smallest absolute Gasteiger partial charge is 0.409 e. The summed E-state index contributed by atoms with van der Waals surface area (Å²) in [5.41, 5.74) is 5.71. The Morgan fingerprint density at radius 2 is 1.88 bits per heavy atom. The first-order chi connectivity index (χ1) is 15.6. The van der Waals surface area contributed by atoms with Crippen molar-refractivity contribution in [2.24, 2.45) is 5.92 Å². The van der Waals surface area contributed by atoms with Gasteiger partial charge in [-0.2, -0.15) is 0 Å². The predicted octanol–water partition coefficient (Wildman–Crippen LogP) is 5.97. The minimum Gasteiger partial charge on any atom is -0.409 e. The Kier molecular flexibility index (Phi) is 5.66. The summed E-state index contributed by atoms with van der Waals surface area (Å²) in [5.74, 6) is 0.989. The number of likely N-dealkylation sites (tertiary alicyclic amines) is 1. The molecule has 0 spiro atoms. The maximum absolute atomic E-state index is 12.6. The summed E-state index contributed by atoms with van der Waals surface area (Å²) in [6, 6.07) is 11.9. The lowest BCUT2D eigenvalue weighted by Gasteiger charge is -2.36. The highest BCUT2D eigenvalue weighted by atomic mass is 35.5. The van der Waals surface area contributed by atoms with Gasteiger partial charge in [0.2, 0.25) is 0 Å². The molecule has 1 aliphatic carbocycles. The fourth-order valence-electron chi connectivity index (χ4n) is 4.76. The number of fused-ring (bicyclic) bond motifs is 2. The number of pyridine rings is 2. The summed E-state index contributed by atoms with van der Waals surface area (Å²) in [6.07, 6.45) is 10.8. The number of hydrogen-bond donors (Lipinski definition) is 0. The van der Waals surface area contributed by atoms with Crippen LogP contribution in [0.3, 0.4) is 0 Å². The summed E-state index contributed by atoms with van der Waals surface area (Å²) >= 11 is 6.45. The molecule has 1 atom stereocenters. The van der Waals surface area contributed by atoms with Gasteiger partial charge in [-0.25, -0.2) is 4.79 Å². The van der Waals surface area contributed by atoms with Crippen molar-refractivity contribution in [1.29, 1.82) is 0 Å². The van der Waals surface area contributed by atoms with Gasteiger partial charge in [-0.1, -0.05) is 35.9 Å². The van der Waals surface area contributed by atoms with Gasteiger partial charge < -0.3 is 9.64 Å². The average Bonchev–Trinajstić information content (AvgIpc) is 2.97. The van der Waals surface area contributed by atoms with Gasteiger partial charge in [-0.15, -0.1) is 0 Å². The van der Waals surface area contributed by atoms with Gasteiger partial charge in [-0.3, -0.25) is 9.97 Å². The van der Waals surface area contributed by atoms with Gasteiger partial charge in [0.1, 0.15) is 0 Å². The Bertz CT molecular complexity index is 1170. The summed E-state index contributed by atoms with van der Waals surface area (Å²) in [6.45, 7) is 3.35. The summed E-state index contributed by atoms with van der Waals surface area (Å²) < 4.78 is 5.48. The van der Waals surface area contributed by atoms with Crippen molar-refractivity contribution in [2.45, 2.75) is 25.7 Å². The van der Waals surface area contributed by atoms with Crippen molar-refractivity contribution >= 4 is 29.8 Å². The molecule has 0 N–H and O–H groups in total. The van der Waals surface area contributed by atoms with E-state index in [4.69, 9.17) is 21.3 Å². The number of carbonyl (C=O) groups excluding carboxylic acids is 1. The largest absolute Gasteiger partial charge is 0.415 e. The summed E-state index contributed by atoms with van der Waals surface area (Å²) in [5, 5.41) is 0.777. The van der Waals surface area contributed by atoms with Gasteiger partial charge in [0.05, 0.1) is 11.9 Å². The fourth-order valence-corrected chi connectivity index (χ4v) is 4.93. The first-order valence-electron chi connectivity index (χ1n) is 10.9. The van der Waals surface area contributed by atoms with Gasteiger partial charge in [0.25, 0.3) is 0 Å². The van der Waals surface area contributed by atoms with E-state index in [1.165, 1.54) is 5.56 Å². The molecule has 0 radical (unpaired) electrons. The van der Waals surface area contributed by atoms with Crippen molar-refractivity contribution in [3.05, 3.63) is 88.0 Å². The van der Waals surface area contributed by atoms with E-state index in [2.05, 4.69) is 35.3 Å².